The molecule has 0 bridgehead atoms. The molecule has 0 radical (unpaired) electrons. The summed E-state index contributed by atoms with van der Waals surface area (Å²) in [6.07, 6.45) is -1.01. The zero-order valence-corrected chi connectivity index (χ0v) is 16.3. The van der Waals surface area contributed by atoms with Crippen LogP contribution in [0.2, 0.25) is 0 Å². The van der Waals surface area contributed by atoms with E-state index in [4.69, 9.17) is 9.47 Å². The molecule has 1 aliphatic rings. The summed E-state index contributed by atoms with van der Waals surface area (Å²) >= 11 is 0.934. The molecular formula is C18H22N2O6S. The molecule has 0 spiro atoms. The lowest BCUT2D eigenvalue weighted by molar-refractivity contribution is -0.156. The van der Waals surface area contributed by atoms with Crippen LogP contribution < -0.4 is 10.1 Å². The normalized spacial score (nSPS) is 14.9. The van der Waals surface area contributed by atoms with E-state index in [9.17, 15) is 19.2 Å². The van der Waals surface area contributed by atoms with Gasteiger partial charge in [0.15, 0.2) is 12.7 Å². The number of hydrogen-bond acceptors (Lipinski definition) is 7. The molecule has 1 fully saturated rings. The highest BCUT2D eigenvalue weighted by Gasteiger charge is 2.29. The minimum atomic E-state index is -1.01. The van der Waals surface area contributed by atoms with Crippen molar-refractivity contribution in [3.8, 4) is 5.75 Å². The van der Waals surface area contributed by atoms with Gasteiger partial charge < -0.3 is 14.8 Å². The third kappa shape index (κ3) is 5.99. The summed E-state index contributed by atoms with van der Waals surface area (Å²) in [5.41, 5.74) is 1.99. The first kappa shape index (κ1) is 20.8. The highest BCUT2D eigenvalue weighted by molar-refractivity contribution is 8.14. The molecule has 1 N–H and O–H groups in total. The number of amides is 3. The van der Waals surface area contributed by atoms with Crippen molar-refractivity contribution in [1.29, 1.82) is 0 Å². The molecule has 0 unspecified atom stereocenters. The maximum Gasteiger partial charge on any atom is 0.344 e. The molecule has 1 aromatic rings. The van der Waals surface area contributed by atoms with Crippen LogP contribution in [-0.2, 0) is 19.1 Å². The smallest absolute Gasteiger partial charge is 0.344 e. The molecule has 8 nitrogen and oxygen atoms in total. The van der Waals surface area contributed by atoms with Crippen molar-refractivity contribution in [2.75, 3.05) is 25.4 Å². The van der Waals surface area contributed by atoms with E-state index in [1.54, 1.807) is 6.07 Å². The number of carbonyl (C=O) groups excluding carboxylic acids is 4. The number of carbonyl (C=O) groups is 4. The fourth-order valence-electron chi connectivity index (χ4n) is 2.41. The maximum absolute atomic E-state index is 12.0. The average molecular weight is 394 g/mol. The largest absolute Gasteiger partial charge is 0.482 e. The first-order chi connectivity index (χ1) is 12.8. The van der Waals surface area contributed by atoms with E-state index >= 15 is 0 Å². The number of rotatable bonds is 8. The number of benzene rings is 1. The summed E-state index contributed by atoms with van der Waals surface area (Å²) in [6, 6.07) is 5.58. The fourth-order valence-corrected chi connectivity index (χ4v) is 3.17. The summed E-state index contributed by atoms with van der Waals surface area (Å²) < 4.78 is 10.5. The molecule has 2 rings (SSSR count). The average Bonchev–Trinajstić information content (AvgIpc) is 2.92. The standard InChI is InChI=1S/C18H22N2O6S/c1-11-4-5-14(12(2)8-11)25-9-16(22)26-13(3)17(23)19-6-7-20-15(21)10-27-18(20)24/h4-5,8,13H,6-7,9-10H2,1-3H3,(H,19,23)/t13-/m0/s1. The van der Waals surface area contributed by atoms with Crippen LogP contribution >= 0.6 is 11.8 Å². The second-order valence-corrected chi connectivity index (χ2v) is 7.01. The van der Waals surface area contributed by atoms with Crippen LogP contribution in [0.4, 0.5) is 4.79 Å². The minimum Gasteiger partial charge on any atom is -0.482 e. The van der Waals surface area contributed by atoms with Crippen LogP contribution in [0.25, 0.3) is 0 Å². The highest BCUT2D eigenvalue weighted by Crippen LogP contribution is 2.19. The first-order valence-corrected chi connectivity index (χ1v) is 9.41. The Balaban J connectivity index is 1.70. The molecule has 0 aliphatic carbocycles. The summed E-state index contributed by atoms with van der Waals surface area (Å²) in [5, 5.41) is 2.21. The molecule has 1 saturated heterocycles. The number of esters is 1. The summed E-state index contributed by atoms with van der Waals surface area (Å²) in [5.74, 6) is -0.753. The van der Waals surface area contributed by atoms with E-state index in [0.717, 1.165) is 27.8 Å². The molecule has 0 aromatic heterocycles. The lowest BCUT2D eigenvalue weighted by Gasteiger charge is -2.16. The van der Waals surface area contributed by atoms with Gasteiger partial charge in [-0.3, -0.25) is 19.3 Å². The molecule has 146 valence electrons. The van der Waals surface area contributed by atoms with Gasteiger partial charge in [-0.15, -0.1) is 0 Å². The second kappa shape index (κ2) is 9.40. The van der Waals surface area contributed by atoms with E-state index in [-0.39, 0.29) is 36.6 Å². The van der Waals surface area contributed by atoms with E-state index in [1.807, 2.05) is 26.0 Å². The summed E-state index contributed by atoms with van der Waals surface area (Å²) in [6.45, 7) is 5.14. The first-order valence-electron chi connectivity index (χ1n) is 8.42. The number of thioether (sulfide) groups is 1. The van der Waals surface area contributed by atoms with Gasteiger partial charge in [-0.25, -0.2) is 4.79 Å². The quantitative estimate of drug-likeness (QED) is 0.666. The topological polar surface area (TPSA) is 102 Å². The van der Waals surface area contributed by atoms with Crippen molar-refractivity contribution in [3.05, 3.63) is 29.3 Å². The van der Waals surface area contributed by atoms with Gasteiger partial charge in [-0.2, -0.15) is 0 Å². The Morgan fingerprint density at radius 3 is 2.67 bits per heavy atom. The van der Waals surface area contributed by atoms with Gasteiger partial charge in [0.2, 0.25) is 5.91 Å². The second-order valence-electron chi connectivity index (χ2n) is 6.08. The van der Waals surface area contributed by atoms with Gasteiger partial charge >= 0.3 is 5.97 Å². The van der Waals surface area contributed by atoms with E-state index in [0.29, 0.717) is 5.75 Å². The highest BCUT2D eigenvalue weighted by atomic mass is 32.2. The van der Waals surface area contributed by atoms with Crippen LogP contribution in [0.1, 0.15) is 18.1 Å². The zero-order valence-electron chi connectivity index (χ0n) is 15.4. The van der Waals surface area contributed by atoms with E-state index in [2.05, 4.69) is 5.32 Å². The maximum atomic E-state index is 12.0. The lowest BCUT2D eigenvalue weighted by Crippen LogP contribution is -2.42. The monoisotopic (exact) mass is 394 g/mol. The molecule has 9 heteroatoms. The predicted octanol–water partition coefficient (Wildman–Crippen LogP) is 1.43. The van der Waals surface area contributed by atoms with Crippen LogP contribution in [0.15, 0.2) is 18.2 Å². The Labute approximate surface area is 161 Å². The van der Waals surface area contributed by atoms with Gasteiger partial charge in [0.05, 0.1) is 5.75 Å². The van der Waals surface area contributed by atoms with Crippen molar-refractivity contribution in [2.24, 2.45) is 0 Å². The van der Waals surface area contributed by atoms with Gasteiger partial charge in [-0.05, 0) is 32.4 Å². The predicted molar refractivity (Wildman–Crippen MR) is 99.5 cm³/mol. The van der Waals surface area contributed by atoms with E-state index in [1.165, 1.54) is 6.92 Å². The molecule has 1 aromatic carbocycles. The van der Waals surface area contributed by atoms with Gasteiger partial charge in [0.25, 0.3) is 11.1 Å². The molecule has 0 saturated carbocycles. The van der Waals surface area contributed by atoms with Crippen LogP contribution in [0.3, 0.4) is 0 Å². The van der Waals surface area contributed by atoms with Crippen LogP contribution in [0, 0.1) is 13.8 Å². The fraction of sp³-hybridized carbons (Fsp3) is 0.444. The molecule has 3 amide bonds. The lowest BCUT2D eigenvalue weighted by atomic mass is 10.1. The molecule has 1 atom stereocenters. The van der Waals surface area contributed by atoms with Crippen molar-refractivity contribution in [3.63, 3.8) is 0 Å². The van der Waals surface area contributed by atoms with Gasteiger partial charge in [0, 0.05) is 13.1 Å². The Morgan fingerprint density at radius 1 is 1.30 bits per heavy atom. The minimum absolute atomic E-state index is 0.0902. The number of nitrogens with zero attached hydrogens (tertiary/aromatic N) is 1. The summed E-state index contributed by atoms with van der Waals surface area (Å²) in [7, 11) is 0. The molecular weight excluding hydrogens is 372 g/mol. The van der Waals surface area contributed by atoms with Crippen molar-refractivity contribution < 1.29 is 28.7 Å². The Bertz CT molecular complexity index is 735. The third-order valence-electron chi connectivity index (χ3n) is 3.83. The van der Waals surface area contributed by atoms with Gasteiger partial charge in [-0.1, -0.05) is 29.5 Å². The number of aryl methyl sites for hydroxylation is 2. The molecule has 1 aliphatic heterocycles. The molecule has 1 heterocycles. The number of nitrogens with one attached hydrogen (secondary N) is 1. The van der Waals surface area contributed by atoms with E-state index < -0.39 is 18.0 Å². The van der Waals surface area contributed by atoms with Crippen molar-refractivity contribution >= 4 is 34.8 Å². The van der Waals surface area contributed by atoms with Gasteiger partial charge in [0.1, 0.15) is 5.75 Å². The van der Waals surface area contributed by atoms with Crippen molar-refractivity contribution in [1.82, 2.24) is 10.2 Å². The summed E-state index contributed by atoms with van der Waals surface area (Å²) in [4.78, 5) is 47.8. The zero-order chi connectivity index (χ0) is 20.0. The Hall–Kier alpha value is -2.55. The third-order valence-corrected chi connectivity index (χ3v) is 4.69. The van der Waals surface area contributed by atoms with Crippen LogP contribution in [-0.4, -0.2) is 59.5 Å². The van der Waals surface area contributed by atoms with Crippen LogP contribution in [0.5, 0.6) is 5.75 Å². The number of ether oxygens (including phenoxy) is 2. The van der Waals surface area contributed by atoms with Crippen molar-refractivity contribution in [2.45, 2.75) is 26.9 Å². The Morgan fingerprint density at radius 2 is 2.04 bits per heavy atom. The number of hydrogen-bond donors (Lipinski definition) is 1. The number of imide groups is 1. The molecule has 27 heavy (non-hydrogen) atoms. The SMILES string of the molecule is Cc1ccc(OCC(=O)O[C@@H](C)C(=O)NCCN2C(=O)CSC2=O)c(C)c1. The Kier molecular flexibility index (Phi) is 7.23.